The molecule has 0 aliphatic carbocycles. The highest BCUT2D eigenvalue weighted by Crippen LogP contribution is 2.02. The molecule has 1 heterocycles. The van der Waals surface area contributed by atoms with Gasteiger partial charge in [-0.25, -0.2) is 9.78 Å². The van der Waals surface area contributed by atoms with Gasteiger partial charge < -0.3 is 25.9 Å². The second-order valence-electron chi connectivity index (χ2n) is 4.41. The predicted octanol–water partition coefficient (Wildman–Crippen LogP) is -1.20. The van der Waals surface area contributed by atoms with Crippen molar-refractivity contribution in [2.75, 3.05) is 7.11 Å². The Labute approximate surface area is 120 Å². The molecule has 0 bridgehead atoms. The highest BCUT2D eigenvalue weighted by molar-refractivity contribution is 5.85. The summed E-state index contributed by atoms with van der Waals surface area (Å²) in [5.41, 5.74) is 5.97. The van der Waals surface area contributed by atoms with Crippen LogP contribution in [0.2, 0.25) is 0 Å². The van der Waals surface area contributed by atoms with Gasteiger partial charge in [-0.2, -0.15) is 0 Å². The molecule has 0 unspecified atom stereocenters. The van der Waals surface area contributed by atoms with Crippen LogP contribution in [0.3, 0.4) is 0 Å². The largest absolute Gasteiger partial charge is 0.480 e. The highest BCUT2D eigenvalue weighted by atomic mass is 16.5. The Morgan fingerprint density at radius 3 is 2.76 bits per heavy atom. The number of carboxylic acids is 1. The molecule has 5 N–H and O–H groups in total. The van der Waals surface area contributed by atoms with Gasteiger partial charge in [0.05, 0.1) is 13.4 Å². The Balaban J connectivity index is 2.54. The third-order valence-electron chi connectivity index (χ3n) is 2.80. The molecule has 0 spiro atoms. The SMILES string of the molecule is COC(=O)[C@H](Cc1cnc[nH]1)NC(=O)CC[C@H](N)C(=O)O. The van der Waals surface area contributed by atoms with Gasteiger partial charge in [-0.15, -0.1) is 0 Å². The number of aromatic nitrogens is 2. The first-order valence-electron chi connectivity index (χ1n) is 6.27. The van der Waals surface area contributed by atoms with Crippen LogP contribution in [-0.2, 0) is 25.5 Å². The molecule has 116 valence electrons. The molecule has 21 heavy (non-hydrogen) atoms. The van der Waals surface area contributed by atoms with E-state index < -0.39 is 29.9 Å². The normalized spacial score (nSPS) is 13.2. The van der Waals surface area contributed by atoms with E-state index in [-0.39, 0.29) is 19.3 Å². The van der Waals surface area contributed by atoms with Crippen LogP contribution in [0.15, 0.2) is 12.5 Å². The number of esters is 1. The average molecular weight is 298 g/mol. The van der Waals surface area contributed by atoms with Crippen LogP contribution in [0.5, 0.6) is 0 Å². The fraction of sp³-hybridized carbons (Fsp3) is 0.500. The highest BCUT2D eigenvalue weighted by Gasteiger charge is 2.23. The number of nitrogens with one attached hydrogen (secondary N) is 2. The van der Waals surface area contributed by atoms with Crippen LogP contribution in [-0.4, -0.2) is 52.1 Å². The van der Waals surface area contributed by atoms with Gasteiger partial charge in [0.25, 0.3) is 0 Å². The van der Waals surface area contributed by atoms with Crippen LogP contribution in [0.25, 0.3) is 0 Å². The lowest BCUT2D eigenvalue weighted by atomic mass is 10.1. The third-order valence-corrected chi connectivity index (χ3v) is 2.80. The van der Waals surface area contributed by atoms with E-state index in [0.717, 1.165) is 0 Å². The summed E-state index contributed by atoms with van der Waals surface area (Å²) < 4.78 is 4.62. The topological polar surface area (TPSA) is 147 Å². The van der Waals surface area contributed by atoms with Crippen molar-refractivity contribution in [3.63, 3.8) is 0 Å². The number of imidazole rings is 1. The van der Waals surface area contributed by atoms with Crippen molar-refractivity contribution in [2.45, 2.75) is 31.3 Å². The Kier molecular flexibility index (Phi) is 6.34. The number of ether oxygens (including phenoxy) is 1. The van der Waals surface area contributed by atoms with Gasteiger partial charge in [-0.05, 0) is 6.42 Å². The number of carbonyl (C=O) groups excluding carboxylic acids is 2. The number of H-pyrrole nitrogens is 1. The molecular weight excluding hydrogens is 280 g/mol. The lowest BCUT2D eigenvalue weighted by molar-refractivity contribution is -0.145. The number of methoxy groups -OCH3 is 1. The van der Waals surface area contributed by atoms with Gasteiger partial charge in [-0.1, -0.05) is 0 Å². The minimum Gasteiger partial charge on any atom is -0.480 e. The number of amides is 1. The van der Waals surface area contributed by atoms with Crippen molar-refractivity contribution in [1.29, 1.82) is 0 Å². The van der Waals surface area contributed by atoms with Gasteiger partial charge in [0, 0.05) is 24.7 Å². The van der Waals surface area contributed by atoms with Gasteiger partial charge in [0.15, 0.2) is 0 Å². The molecule has 9 heteroatoms. The van der Waals surface area contributed by atoms with Crippen LogP contribution in [0, 0.1) is 0 Å². The molecule has 0 aliphatic heterocycles. The lowest BCUT2D eigenvalue weighted by Crippen LogP contribution is -2.43. The van der Waals surface area contributed by atoms with Gasteiger partial charge in [0.2, 0.25) is 5.91 Å². The molecule has 0 saturated carbocycles. The van der Waals surface area contributed by atoms with Crippen molar-refractivity contribution < 1.29 is 24.2 Å². The van der Waals surface area contributed by atoms with Crippen LogP contribution in [0.1, 0.15) is 18.5 Å². The Morgan fingerprint density at radius 2 is 2.24 bits per heavy atom. The number of hydrogen-bond acceptors (Lipinski definition) is 6. The molecular formula is C12H18N4O5. The molecule has 0 saturated heterocycles. The number of hydrogen-bond donors (Lipinski definition) is 4. The van der Waals surface area contributed by atoms with Crippen molar-refractivity contribution in [1.82, 2.24) is 15.3 Å². The standard InChI is InChI=1S/C12H18N4O5/c1-21-12(20)9(4-7-5-14-6-15-7)16-10(17)3-2-8(13)11(18)19/h5-6,8-9H,2-4,13H2,1H3,(H,14,15)(H,16,17)(H,18,19)/t8-,9-/m0/s1. The van der Waals surface area contributed by atoms with Crippen LogP contribution >= 0.6 is 0 Å². The Hall–Kier alpha value is -2.42. The molecule has 1 aromatic rings. The smallest absolute Gasteiger partial charge is 0.328 e. The summed E-state index contributed by atoms with van der Waals surface area (Å²) in [5, 5.41) is 11.1. The molecule has 0 aliphatic rings. The van der Waals surface area contributed by atoms with E-state index in [9.17, 15) is 14.4 Å². The monoisotopic (exact) mass is 298 g/mol. The van der Waals surface area contributed by atoms with Crippen molar-refractivity contribution >= 4 is 17.8 Å². The molecule has 2 atom stereocenters. The first kappa shape index (κ1) is 16.6. The molecule has 1 rings (SSSR count). The predicted molar refractivity (Wildman–Crippen MR) is 71.1 cm³/mol. The summed E-state index contributed by atoms with van der Waals surface area (Å²) >= 11 is 0. The van der Waals surface area contributed by atoms with Crippen molar-refractivity contribution in [3.8, 4) is 0 Å². The maximum absolute atomic E-state index is 11.7. The first-order chi connectivity index (χ1) is 9.93. The maximum Gasteiger partial charge on any atom is 0.328 e. The van der Waals surface area contributed by atoms with E-state index in [1.165, 1.54) is 19.6 Å². The number of nitrogens with two attached hydrogens (primary N) is 1. The zero-order chi connectivity index (χ0) is 15.8. The van der Waals surface area contributed by atoms with Crippen molar-refractivity contribution in [2.24, 2.45) is 5.73 Å². The number of aromatic amines is 1. The van der Waals surface area contributed by atoms with Crippen LogP contribution < -0.4 is 11.1 Å². The maximum atomic E-state index is 11.7. The third kappa shape index (κ3) is 5.61. The van der Waals surface area contributed by atoms with Gasteiger partial charge in [-0.3, -0.25) is 9.59 Å². The minimum atomic E-state index is -1.18. The van der Waals surface area contributed by atoms with Crippen molar-refractivity contribution in [3.05, 3.63) is 18.2 Å². The van der Waals surface area contributed by atoms with Gasteiger partial charge in [0.1, 0.15) is 12.1 Å². The zero-order valence-corrected chi connectivity index (χ0v) is 11.5. The second-order valence-corrected chi connectivity index (χ2v) is 4.41. The fourth-order valence-electron chi connectivity index (χ4n) is 1.63. The van der Waals surface area contributed by atoms with E-state index in [2.05, 4.69) is 20.0 Å². The quantitative estimate of drug-likeness (QED) is 0.441. The molecule has 1 amide bonds. The van der Waals surface area contributed by atoms with E-state index in [1.807, 2.05) is 0 Å². The number of carboxylic acid groups (broad SMARTS) is 1. The minimum absolute atomic E-state index is 0.0148. The van der Waals surface area contributed by atoms with E-state index >= 15 is 0 Å². The lowest BCUT2D eigenvalue weighted by Gasteiger charge is -2.16. The number of rotatable bonds is 8. The molecule has 9 nitrogen and oxygen atoms in total. The fourth-order valence-corrected chi connectivity index (χ4v) is 1.63. The molecule has 0 fully saturated rings. The summed E-state index contributed by atoms with van der Waals surface area (Å²) in [6.45, 7) is 0. The first-order valence-corrected chi connectivity index (χ1v) is 6.27. The van der Waals surface area contributed by atoms with E-state index in [1.54, 1.807) is 0 Å². The molecule has 1 aromatic heterocycles. The second kappa shape index (κ2) is 8.00. The summed E-state index contributed by atoms with van der Waals surface area (Å²) in [6.07, 6.45) is 3.08. The summed E-state index contributed by atoms with van der Waals surface area (Å²) in [6, 6.07) is -1.98. The van der Waals surface area contributed by atoms with Gasteiger partial charge >= 0.3 is 11.9 Å². The van der Waals surface area contributed by atoms with Crippen LogP contribution in [0.4, 0.5) is 0 Å². The molecule has 0 aromatic carbocycles. The Bertz CT molecular complexity index is 488. The average Bonchev–Trinajstić information content (AvgIpc) is 2.95. The number of carbonyl (C=O) groups is 3. The zero-order valence-electron chi connectivity index (χ0n) is 11.5. The summed E-state index contributed by atoms with van der Waals surface area (Å²) in [7, 11) is 1.22. The summed E-state index contributed by atoms with van der Waals surface area (Å²) in [5.74, 6) is -2.24. The van der Waals surface area contributed by atoms with E-state index in [4.69, 9.17) is 10.8 Å². The number of aliphatic carboxylic acids is 1. The Morgan fingerprint density at radius 1 is 1.52 bits per heavy atom. The molecule has 0 radical (unpaired) electrons. The summed E-state index contributed by atoms with van der Waals surface area (Å²) in [4.78, 5) is 40.6. The van der Waals surface area contributed by atoms with E-state index in [0.29, 0.717) is 5.69 Å². The number of nitrogens with zero attached hydrogens (tertiary/aromatic N) is 1.